The second-order valence-electron chi connectivity index (χ2n) is 8.21. The molecular formula is C21H29N3O4. The zero-order valence-corrected chi connectivity index (χ0v) is 16.8. The molecule has 1 atom stereocenters. The molecule has 1 aromatic rings. The Morgan fingerprint density at radius 2 is 1.75 bits per heavy atom. The minimum atomic E-state index is -1.10. The van der Waals surface area contributed by atoms with Crippen LogP contribution in [0, 0.1) is 5.92 Å². The second-order valence-corrected chi connectivity index (χ2v) is 8.21. The number of carbonyl (C=O) groups is 3. The number of piperidine rings is 1. The van der Waals surface area contributed by atoms with Gasteiger partial charge in [-0.2, -0.15) is 0 Å². The van der Waals surface area contributed by atoms with Gasteiger partial charge in [-0.15, -0.1) is 0 Å². The number of aliphatic hydroxyl groups is 1. The summed E-state index contributed by atoms with van der Waals surface area (Å²) in [5.74, 6) is -0.262. The van der Waals surface area contributed by atoms with E-state index in [4.69, 9.17) is 0 Å². The van der Waals surface area contributed by atoms with Gasteiger partial charge >= 0.3 is 6.03 Å². The Hall–Kier alpha value is -2.41. The maximum atomic E-state index is 12.8. The third kappa shape index (κ3) is 3.63. The summed E-state index contributed by atoms with van der Waals surface area (Å²) in [6.07, 6.45) is -0.0375. The Morgan fingerprint density at radius 1 is 1.14 bits per heavy atom. The molecule has 2 saturated heterocycles. The molecule has 7 nitrogen and oxygen atoms in total. The van der Waals surface area contributed by atoms with Gasteiger partial charge in [0.25, 0.3) is 11.8 Å². The van der Waals surface area contributed by atoms with E-state index in [0.717, 1.165) is 5.56 Å². The van der Waals surface area contributed by atoms with Crippen LogP contribution in [0.5, 0.6) is 0 Å². The van der Waals surface area contributed by atoms with E-state index in [2.05, 4.69) is 0 Å². The zero-order chi connectivity index (χ0) is 20.5. The SMILES string of the molecule is CC(C)CN1C(=O)N(C)C(=O)C12CCN(C(=O)[C@@H](O)Cc1ccccc1)CC2. The Balaban J connectivity index is 1.67. The molecule has 1 aromatic carbocycles. The van der Waals surface area contributed by atoms with E-state index in [-0.39, 0.29) is 30.2 Å². The van der Waals surface area contributed by atoms with Crippen molar-refractivity contribution in [2.24, 2.45) is 5.92 Å². The molecule has 0 aromatic heterocycles. The molecule has 4 amide bonds. The van der Waals surface area contributed by atoms with Crippen LogP contribution in [-0.4, -0.2) is 76.0 Å². The summed E-state index contributed by atoms with van der Waals surface area (Å²) in [6, 6.07) is 9.14. The Morgan fingerprint density at radius 3 is 2.32 bits per heavy atom. The third-order valence-electron chi connectivity index (χ3n) is 5.74. The monoisotopic (exact) mass is 387 g/mol. The van der Waals surface area contributed by atoms with Gasteiger partial charge < -0.3 is 14.9 Å². The highest BCUT2D eigenvalue weighted by Gasteiger charge is 2.57. The lowest BCUT2D eigenvalue weighted by atomic mass is 9.85. The quantitative estimate of drug-likeness (QED) is 0.777. The Bertz CT molecular complexity index is 741. The predicted molar refractivity (Wildman–Crippen MR) is 104 cm³/mol. The number of likely N-dealkylation sites (tertiary alicyclic amines) is 1. The minimum Gasteiger partial charge on any atom is -0.383 e. The summed E-state index contributed by atoms with van der Waals surface area (Å²) in [7, 11) is 1.52. The molecule has 2 aliphatic rings. The first-order chi connectivity index (χ1) is 13.3. The van der Waals surface area contributed by atoms with Crippen LogP contribution >= 0.6 is 0 Å². The molecule has 0 saturated carbocycles. The van der Waals surface area contributed by atoms with Crippen LogP contribution in [0.1, 0.15) is 32.3 Å². The summed E-state index contributed by atoms with van der Waals surface area (Å²) in [4.78, 5) is 42.6. The number of likely N-dealkylation sites (N-methyl/N-ethyl adjacent to an activating group) is 1. The highest BCUT2D eigenvalue weighted by Crippen LogP contribution is 2.37. The molecule has 3 rings (SSSR count). The molecule has 1 spiro atoms. The largest absolute Gasteiger partial charge is 0.383 e. The smallest absolute Gasteiger partial charge is 0.327 e. The van der Waals surface area contributed by atoms with Crippen LogP contribution in [0.2, 0.25) is 0 Å². The van der Waals surface area contributed by atoms with Crippen molar-refractivity contribution in [1.29, 1.82) is 0 Å². The van der Waals surface area contributed by atoms with Gasteiger partial charge in [0, 0.05) is 33.1 Å². The van der Waals surface area contributed by atoms with Crippen molar-refractivity contribution in [1.82, 2.24) is 14.7 Å². The van der Waals surface area contributed by atoms with Gasteiger partial charge in [-0.3, -0.25) is 14.5 Å². The summed E-state index contributed by atoms with van der Waals surface area (Å²) in [6.45, 7) is 5.25. The number of carbonyl (C=O) groups excluding carboxylic acids is 3. The summed E-state index contributed by atoms with van der Waals surface area (Å²) in [5, 5.41) is 10.4. The first kappa shape index (κ1) is 20.3. The van der Waals surface area contributed by atoms with E-state index in [1.165, 1.54) is 11.9 Å². The first-order valence-corrected chi connectivity index (χ1v) is 9.87. The molecule has 2 fully saturated rings. The molecule has 0 aliphatic carbocycles. The van der Waals surface area contributed by atoms with E-state index in [1.807, 2.05) is 44.2 Å². The number of rotatable bonds is 5. The highest BCUT2D eigenvalue weighted by molar-refractivity contribution is 6.07. The summed E-state index contributed by atoms with van der Waals surface area (Å²) in [5.41, 5.74) is 0.0372. The molecule has 2 aliphatic heterocycles. The molecule has 0 unspecified atom stereocenters. The molecule has 28 heavy (non-hydrogen) atoms. The van der Waals surface area contributed by atoms with Gasteiger partial charge in [0.15, 0.2) is 0 Å². The van der Waals surface area contributed by atoms with E-state index < -0.39 is 11.6 Å². The number of hydrogen-bond donors (Lipinski definition) is 1. The number of benzene rings is 1. The van der Waals surface area contributed by atoms with Gasteiger partial charge in [0.1, 0.15) is 11.6 Å². The number of nitrogens with zero attached hydrogens (tertiary/aromatic N) is 3. The van der Waals surface area contributed by atoms with Crippen LogP contribution in [0.4, 0.5) is 4.79 Å². The summed E-state index contributed by atoms with van der Waals surface area (Å²) < 4.78 is 0. The summed E-state index contributed by atoms with van der Waals surface area (Å²) >= 11 is 0. The van der Waals surface area contributed by atoms with Crippen LogP contribution in [0.15, 0.2) is 30.3 Å². The van der Waals surface area contributed by atoms with Crippen LogP contribution in [-0.2, 0) is 16.0 Å². The second kappa shape index (κ2) is 7.91. The molecular weight excluding hydrogens is 358 g/mol. The van der Waals surface area contributed by atoms with Gasteiger partial charge in [0.2, 0.25) is 0 Å². The molecule has 1 N–H and O–H groups in total. The number of hydrogen-bond acceptors (Lipinski definition) is 4. The lowest BCUT2D eigenvalue weighted by molar-refractivity contribution is -0.146. The van der Waals surface area contributed by atoms with E-state index in [1.54, 1.807) is 9.80 Å². The van der Waals surface area contributed by atoms with E-state index in [0.29, 0.717) is 32.5 Å². The van der Waals surface area contributed by atoms with Crippen molar-refractivity contribution in [3.05, 3.63) is 35.9 Å². The minimum absolute atomic E-state index is 0.185. The van der Waals surface area contributed by atoms with E-state index >= 15 is 0 Å². The standard InChI is InChI=1S/C21H29N3O4/c1-15(2)14-24-20(28)22(3)19(27)21(24)9-11-23(12-10-21)18(26)17(25)13-16-7-5-4-6-8-16/h4-8,15,17,25H,9-14H2,1-3H3/t17-/m0/s1. The number of aliphatic hydroxyl groups excluding tert-OH is 1. The van der Waals surface area contributed by atoms with Gasteiger partial charge in [0.05, 0.1) is 0 Å². The lowest BCUT2D eigenvalue weighted by Crippen LogP contribution is -2.58. The number of amides is 4. The topological polar surface area (TPSA) is 81.2 Å². The number of imide groups is 1. The predicted octanol–water partition coefficient (Wildman–Crippen LogP) is 1.50. The maximum Gasteiger partial charge on any atom is 0.327 e. The van der Waals surface area contributed by atoms with Gasteiger partial charge in [-0.1, -0.05) is 44.2 Å². The highest BCUT2D eigenvalue weighted by atomic mass is 16.3. The molecule has 0 radical (unpaired) electrons. The normalized spacial score (nSPS) is 20.4. The van der Waals surface area contributed by atoms with Gasteiger partial charge in [-0.05, 0) is 24.3 Å². The van der Waals surface area contributed by atoms with Gasteiger partial charge in [-0.25, -0.2) is 4.79 Å². The van der Waals surface area contributed by atoms with Crippen molar-refractivity contribution >= 4 is 17.8 Å². The lowest BCUT2D eigenvalue weighted by Gasteiger charge is -2.43. The van der Waals surface area contributed by atoms with Crippen LogP contribution in [0.25, 0.3) is 0 Å². The molecule has 0 bridgehead atoms. The van der Waals surface area contributed by atoms with Crippen molar-refractivity contribution in [3.63, 3.8) is 0 Å². The van der Waals surface area contributed by atoms with Crippen molar-refractivity contribution in [2.45, 2.75) is 44.8 Å². The average molecular weight is 387 g/mol. The third-order valence-corrected chi connectivity index (χ3v) is 5.74. The van der Waals surface area contributed by atoms with Crippen LogP contribution in [0.3, 0.4) is 0 Å². The van der Waals surface area contributed by atoms with Crippen molar-refractivity contribution < 1.29 is 19.5 Å². The zero-order valence-electron chi connectivity index (χ0n) is 16.8. The fourth-order valence-corrected chi connectivity index (χ4v) is 4.21. The maximum absolute atomic E-state index is 12.8. The Labute approximate surface area is 165 Å². The Kier molecular flexibility index (Phi) is 5.74. The van der Waals surface area contributed by atoms with Crippen LogP contribution < -0.4 is 0 Å². The van der Waals surface area contributed by atoms with E-state index in [9.17, 15) is 19.5 Å². The molecule has 152 valence electrons. The molecule has 7 heteroatoms. The number of urea groups is 1. The van der Waals surface area contributed by atoms with Crippen molar-refractivity contribution in [2.75, 3.05) is 26.7 Å². The van der Waals surface area contributed by atoms with Crippen molar-refractivity contribution in [3.8, 4) is 0 Å². The average Bonchev–Trinajstić information content (AvgIpc) is 2.85. The molecule has 2 heterocycles. The first-order valence-electron chi connectivity index (χ1n) is 9.87. The fraction of sp³-hybridized carbons (Fsp3) is 0.571. The fourth-order valence-electron chi connectivity index (χ4n) is 4.21.